The maximum atomic E-state index is 12.8. The number of nitrogens with two attached hydrogens (primary N) is 1. The first kappa shape index (κ1) is 16.8. The van der Waals surface area contributed by atoms with Crippen molar-refractivity contribution < 1.29 is 10.0 Å². The van der Waals surface area contributed by atoms with Crippen molar-refractivity contribution in [2.75, 3.05) is 32.7 Å². The number of piperazine rings is 1. The van der Waals surface area contributed by atoms with Gasteiger partial charge in [0.2, 0.25) is 5.91 Å². The van der Waals surface area contributed by atoms with Gasteiger partial charge < -0.3 is 15.8 Å². The fourth-order valence-corrected chi connectivity index (χ4v) is 2.91. The summed E-state index contributed by atoms with van der Waals surface area (Å²) in [5.41, 5.74) is 4.94. The molecule has 0 radical (unpaired) electrons. The number of amidine groups is 1. The molecule has 0 bridgehead atoms. The molecule has 0 saturated carbocycles. The molecule has 6 nitrogen and oxygen atoms in total. The van der Waals surface area contributed by atoms with Gasteiger partial charge in [-0.05, 0) is 25.8 Å². The fraction of sp³-hybridized carbons (Fsp3) is 0.857. The first-order valence-electron chi connectivity index (χ1n) is 7.55. The molecule has 1 rings (SSSR count). The minimum atomic E-state index is -0.859. The molecule has 1 fully saturated rings. The van der Waals surface area contributed by atoms with Gasteiger partial charge in [-0.2, -0.15) is 0 Å². The Balaban J connectivity index is 2.78. The number of carbonyl (C=O) groups excluding carboxylic acids is 1. The third kappa shape index (κ3) is 3.23. The summed E-state index contributed by atoms with van der Waals surface area (Å²) in [6.07, 6.45) is 2.23. The molecule has 1 aliphatic rings. The molecule has 0 aromatic heterocycles. The predicted molar refractivity (Wildman–Crippen MR) is 79.7 cm³/mol. The normalized spacial score (nSPS) is 18.4. The van der Waals surface area contributed by atoms with Crippen LogP contribution in [0.5, 0.6) is 0 Å². The van der Waals surface area contributed by atoms with Crippen LogP contribution in [0.25, 0.3) is 0 Å². The van der Waals surface area contributed by atoms with Gasteiger partial charge >= 0.3 is 0 Å². The number of nitrogens with zero attached hydrogens (tertiary/aromatic N) is 3. The zero-order valence-electron chi connectivity index (χ0n) is 12.9. The van der Waals surface area contributed by atoms with Gasteiger partial charge in [0.05, 0.1) is 0 Å². The highest BCUT2D eigenvalue weighted by molar-refractivity contribution is 6.06. The predicted octanol–water partition coefficient (Wildman–Crippen LogP) is 1.09. The van der Waals surface area contributed by atoms with Crippen molar-refractivity contribution in [3.05, 3.63) is 0 Å². The number of amides is 1. The van der Waals surface area contributed by atoms with Crippen molar-refractivity contribution in [2.45, 2.75) is 40.0 Å². The van der Waals surface area contributed by atoms with E-state index in [0.717, 1.165) is 39.1 Å². The average molecular weight is 284 g/mol. The minimum absolute atomic E-state index is 0.00560. The van der Waals surface area contributed by atoms with E-state index < -0.39 is 5.41 Å². The molecule has 1 heterocycles. The second-order valence-corrected chi connectivity index (χ2v) is 5.41. The molecule has 1 saturated heterocycles. The number of rotatable bonds is 6. The van der Waals surface area contributed by atoms with Crippen LogP contribution in [0.2, 0.25) is 0 Å². The molecule has 0 unspecified atom stereocenters. The van der Waals surface area contributed by atoms with E-state index in [1.807, 2.05) is 18.7 Å². The van der Waals surface area contributed by atoms with Gasteiger partial charge in [0, 0.05) is 26.2 Å². The van der Waals surface area contributed by atoms with E-state index in [4.69, 9.17) is 10.9 Å². The Hall–Kier alpha value is -1.30. The highest BCUT2D eigenvalue weighted by atomic mass is 16.4. The summed E-state index contributed by atoms with van der Waals surface area (Å²) >= 11 is 0. The Bertz CT molecular complexity index is 345. The largest absolute Gasteiger partial charge is 0.409 e. The van der Waals surface area contributed by atoms with Gasteiger partial charge in [0.25, 0.3) is 0 Å². The van der Waals surface area contributed by atoms with Crippen molar-refractivity contribution in [1.82, 2.24) is 9.80 Å². The third-order valence-corrected chi connectivity index (χ3v) is 4.41. The van der Waals surface area contributed by atoms with E-state index in [2.05, 4.69) is 17.0 Å². The summed E-state index contributed by atoms with van der Waals surface area (Å²) in [5.74, 6) is 0.0254. The van der Waals surface area contributed by atoms with Crippen molar-refractivity contribution >= 4 is 11.7 Å². The quantitative estimate of drug-likeness (QED) is 0.331. The van der Waals surface area contributed by atoms with Crippen LogP contribution in [0.1, 0.15) is 40.0 Å². The van der Waals surface area contributed by atoms with Gasteiger partial charge in [-0.3, -0.25) is 9.69 Å². The lowest BCUT2D eigenvalue weighted by Gasteiger charge is -2.40. The molecule has 1 aliphatic heterocycles. The van der Waals surface area contributed by atoms with E-state index >= 15 is 0 Å². The van der Waals surface area contributed by atoms with Crippen LogP contribution in [0.3, 0.4) is 0 Å². The summed E-state index contributed by atoms with van der Waals surface area (Å²) in [6.45, 7) is 10.3. The standard InChI is InChI=1S/C14H28N4O2/c1-4-7-17-8-10-18(11-9-17)13(19)14(5-2,6-3)12(15)16-20/h20H,4-11H2,1-3H3,(H2,15,16). The van der Waals surface area contributed by atoms with Crippen molar-refractivity contribution in [3.63, 3.8) is 0 Å². The van der Waals surface area contributed by atoms with E-state index in [-0.39, 0.29) is 11.7 Å². The van der Waals surface area contributed by atoms with Gasteiger partial charge in [-0.15, -0.1) is 0 Å². The van der Waals surface area contributed by atoms with Crippen LogP contribution < -0.4 is 5.73 Å². The second-order valence-electron chi connectivity index (χ2n) is 5.41. The van der Waals surface area contributed by atoms with Crippen LogP contribution >= 0.6 is 0 Å². The molecule has 0 spiro atoms. The van der Waals surface area contributed by atoms with Crippen LogP contribution in [0.15, 0.2) is 5.16 Å². The molecular formula is C14H28N4O2. The Kier molecular flexibility index (Phi) is 6.26. The highest BCUT2D eigenvalue weighted by Crippen LogP contribution is 2.30. The lowest BCUT2D eigenvalue weighted by molar-refractivity contribution is -0.140. The molecule has 0 aliphatic carbocycles. The Morgan fingerprint density at radius 3 is 2.15 bits per heavy atom. The minimum Gasteiger partial charge on any atom is -0.409 e. The van der Waals surface area contributed by atoms with Crippen LogP contribution in [0.4, 0.5) is 0 Å². The van der Waals surface area contributed by atoms with Crippen molar-refractivity contribution in [3.8, 4) is 0 Å². The van der Waals surface area contributed by atoms with Gasteiger partial charge in [-0.1, -0.05) is 25.9 Å². The molecular weight excluding hydrogens is 256 g/mol. The topological polar surface area (TPSA) is 82.2 Å². The Labute approximate surface area is 121 Å². The van der Waals surface area contributed by atoms with Gasteiger partial charge in [0.15, 0.2) is 5.84 Å². The van der Waals surface area contributed by atoms with Crippen LogP contribution in [-0.2, 0) is 4.79 Å². The molecule has 0 atom stereocenters. The molecule has 0 aromatic rings. The van der Waals surface area contributed by atoms with Gasteiger partial charge in [-0.25, -0.2) is 0 Å². The molecule has 6 heteroatoms. The fourth-order valence-electron chi connectivity index (χ4n) is 2.91. The maximum Gasteiger partial charge on any atom is 0.236 e. The smallest absolute Gasteiger partial charge is 0.236 e. The summed E-state index contributed by atoms with van der Waals surface area (Å²) in [4.78, 5) is 17.0. The summed E-state index contributed by atoms with van der Waals surface area (Å²) in [6, 6.07) is 0. The summed E-state index contributed by atoms with van der Waals surface area (Å²) in [7, 11) is 0. The van der Waals surface area contributed by atoms with Crippen molar-refractivity contribution in [1.29, 1.82) is 0 Å². The van der Waals surface area contributed by atoms with E-state index in [9.17, 15) is 4.79 Å². The number of oxime groups is 1. The SMILES string of the molecule is CCCN1CCN(C(=O)C(CC)(CC)C(N)=NO)CC1. The zero-order valence-corrected chi connectivity index (χ0v) is 12.9. The van der Waals surface area contributed by atoms with Crippen molar-refractivity contribution in [2.24, 2.45) is 16.3 Å². The number of carbonyl (C=O) groups is 1. The zero-order chi connectivity index (χ0) is 15.2. The molecule has 1 amide bonds. The second kappa shape index (κ2) is 7.47. The molecule has 116 valence electrons. The van der Waals surface area contributed by atoms with E-state index in [0.29, 0.717) is 12.8 Å². The highest BCUT2D eigenvalue weighted by Gasteiger charge is 2.43. The Morgan fingerprint density at radius 2 is 1.75 bits per heavy atom. The Morgan fingerprint density at radius 1 is 1.20 bits per heavy atom. The lowest BCUT2D eigenvalue weighted by Crippen LogP contribution is -2.56. The number of hydrogen-bond acceptors (Lipinski definition) is 4. The first-order chi connectivity index (χ1) is 9.55. The first-order valence-corrected chi connectivity index (χ1v) is 7.55. The van der Waals surface area contributed by atoms with Crippen LogP contribution in [0, 0.1) is 5.41 Å². The number of hydrogen-bond donors (Lipinski definition) is 2. The molecule has 0 aromatic carbocycles. The third-order valence-electron chi connectivity index (χ3n) is 4.41. The van der Waals surface area contributed by atoms with E-state index in [1.165, 1.54) is 0 Å². The summed E-state index contributed by atoms with van der Waals surface area (Å²) < 4.78 is 0. The van der Waals surface area contributed by atoms with Gasteiger partial charge in [0.1, 0.15) is 5.41 Å². The maximum absolute atomic E-state index is 12.8. The molecule has 20 heavy (non-hydrogen) atoms. The average Bonchev–Trinajstić information content (AvgIpc) is 2.49. The molecule has 3 N–H and O–H groups in total. The summed E-state index contributed by atoms with van der Waals surface area (Å²) in [5, 5.41) is 12.1. The monoisotopic (exact) mass is 284 g/mol. The lowest BCUT2D eigenvalue weighted by atomic mass is 9.79. The van der Waals surface area contributed by atoms with E-state index in [1.54, 1.807) is 0 Å². The van der Waals surface area contributed by atoms with Crippen LogP contribution in [-0.4, -0.2) is 59.5 Å².